The number of hydrogen-bond donors (Lipinski definition) is 5. The number of nitrogens with zero attached hydrogens (tertiary/aromatic N) is 1. The van der Waals surface area contributed by atoms with Crippen LogP contribution in [0.4, 0.5) is 4.79 Å². The third-order valence-corrected chi connectivity index (χ3v) is 9.92. The van der Waals surface area contributed by atoms with E-state index in [-0.39, 0.29) is 30.2 Å². The summed E-state index contributed by atoms with van der Waals surface area (Å²) in [6, 6.07) is -3.10. The number of amides is 5. The number of piperidine rings is 1. The Balaban J connectivity index is 1.55. The fraction of sp³-hybridized carbons (Fsp3) is 0.852. The van der Waals surface area contributed by atoms with E-state index in [1.807, 2.05) is 20.8 Å². The van der Waals surface area contributed by atoms with Crippen LogP contribution in [0.2, 0.25) is 0 Å². The molecule has 0 aromatic carbocycles. The number of hydrogen-bond acceptors (Lipinski definition) is 5. The number of halogens is 2. The highest BCUT2D eigenvalue weighted by atomic mass is 35.5. The van der Waals surface area contributed by atoms with E-state index in [1.165, 1.54) is 4.90 Å². The van der Waals surface area contributed by atoms with Crippen molar-refractivity contribution in [3.8, 4) is 0 Å². The average molecular weight is 589 g/mol. The maximum atomic E-state index is 14.1. The number of urea groups is 1. The molecule has 3 saturated carbocycles. The van der Waals surface area contributed by atoms with Crippen LogP contribution >= 0.6 is 23.2 Å². The molecule has 0 radical (unpaired) electrons. The van der Waals surface area contributed by atoms with Gasteiger partial charge in [0.25, 0.3) is 0 Å². The Morgan fingerprint density at radius 3 is 2.21 bits per heavy atom. The van der Waals surface area contributed by atoms with Gasteiger partial charge in [-0.05, 0) is 51.9 Å². The third-order valence-electron chi connectivity index (χ3n) is 8.86. The summed E-state index contributed by atoms with van der Waals surface area (Å²) in [7, 11) is 0. The minimum Gasteiger partial charge on any atom is -0.381 e. The van der Waals surface area contributed by atoms with Gasteiger partial charge in [-0.25, -0.2) is 4.79 Å². The van der Waals surface area contributed by atoms with Crippen LogP contribution in [0.1, 0.15) is 78.6 Å². The molecule has 0 aromatic heterocycles. The van der Waals surface area contributed by atoms with E-state index >= 15 is 0 Å². The summed E-state index contributed by atoms with van der Waals surface area (Å²) >= 11 is 13.0. The van der Waals surface area contributed by atoms with Crippen LogP contribution in [0, 0.1) is 23.7 Å². The lowest BCUT2D eigenvalue weighted by atomic mass is 9.79. The lowest BCUT2D eigenvalue weighted by molar-refractivity contribution is -0.143. The summed E-state index contributed by atoms with van der Waals surface area (Å²) in [5, 5.41) is 19.1. The molecule has 0 bridgehead atoms. The van der Waals surface area contributed by atoms with Gasteiger partial charge in [-0.3, -0.25) is 14.4 Å². The standard InChI is InChI=1S/C27H43Cl2N5O5/c1-26(2,3)33-25(39)32-19(15-10-5-4-6-11-15)24(38)34-13-16-18(27(16,28)29)20(34)23(37)31-17(21(35)22(30)36)12-14-8-7-9-14/h14-21,35H,4-13H2,1-3H3,(H2,30,36)(H,31,37)(H2,32,33,39)/t16-,17?,18-,19-,20-,21?/m0/s1. The van der Waals surface area contributed by atoms with Gasteiger partial charge < -0.3 is 31.7 Å². The fourth-order valence-electron chi connectivity index (χ4n) is 6.50. The number of nitrogens with one attached hydrogen (secondary N) is 3. The molecule has 4 rings (SSSR count). The molecule has 3 aliphatic carbocycles. The van der Waals surface area contributed by atoms with E-state index in [4.69, 9.17) is 28.9 Å². The van der Waals surface area contributed by atoms with E-state index in [1.54, 1.807) is 0 Å². The summed E-state index contributed by atoms with van der Waals surface area (Å²) in [5.41, 5.74) is 4.88. The largest absolute Gasteiger partial charge is 0.381 e. The summed E-state index contributed by atoms with van der Waals surface area (Å²) in [4.78, 5) is 54.0. The van der Waals surface area contributed by atoms with Crippen LogP contribution in [0.5, 0.6) is 0 Å². The minimum atomic E-state index is -1.55. The maximum absolute atomic E-state index is 14.1. The first-order chi connectivity index (χ1) is 18.2. The molecule has 220 valence electrons. The molecule has 2 unspecified atom stereocenters. The SMILES string of the molecule is CC(C)(C)NC(=O)N[C@H](C(=O)N1C[C@H]2[C@@H]([C@H]1C(=O)NC(CC1CCC1)C(O)C(N)=O)C2(Cl)Cl)C1CCCCC1. The van der Waals surface area contributed by atoms with E-state index in [0.29, 0.717) is 6.42 Å². The van der Waals surface area contributed by atoms with Crippen molar-refractivity contribution in [2.75, 3.05) is 6.54 Å². The number of carbonyl (C=O) groups is 4. The van der Waals surface area contributed by atoms with Crippen LogP contribution < -0.4 is 21.7 Å². The van der Waals surface area contributed by atoms with Gasteiger partial charge in [-0.15, -0.1) is 23.2 Å². The molecule has 0 aromatic rings. The number of alkyl halides is 2. The molecule has 1 saturated heterocycles. The zero-order chi connectivity index (χ0) is 28.7. The Morgan fingerprint density at radius 2 is 1.67 bits per heavy atom. The highest BCUT2D eigenvalue weighted by Crippen LogP contribution is 2.65. The molecule has 5 amide bonds. The van der Waals surface area contributed by atoms with E-state index < -0.39 is 57.9 Å². The van der Waals surface area contributed by atoms with Crippen molar-refractivity contribution in [3.05, 3.63) is 0 Å². The predicted molar refractivity (Wildman–Crippen MR) is 148 cm³/mol. The summed E-state index contributed by atoms with van der Waals surface area (Å²) in [6.45, 7) is 5.77. The lowest BCUT2D eigenvalue weighted by Crippen LogP contribution is -2.61. The van der Waals surface area contributed by atoms with Gasteiger partial charge >= 0.3 is 6.03 Å². The number of rotatable bonds is 9. The van der Waals surface area contributed by atoms with Gasteiger partial charge in [-0.1, -0.05) is 38.5 Å². The Kier molecular flexibility index (Phi) is 8.98. The molecule has 1 aliphatic heterocycles. The molecule has 0 spiro atoms. The van der Waals surface area contributed by atoms with Gasteiger partial charge in [0.05, 0.1) is 6.04 Å². The fourth-order valence-corrected chi connectivity index (χ4v) is 7.33. The van der Waals surface area contributed by atoms with Crippen LogP contribution in [0.3, 0.4) is 0 Å². The van der Waals surface area contributed by atoms with Crippen molar-refractivity contribution in [1.29, 1.82) is 0 Å². The normalized spacial score (nSPS) is 28.9. The second kappa shape index (κ2) is 11.6. The summed E-state index contributed by atoms with van der Waals surface area (Å²) < 4.78 is -1.15. The highest BCUT2D eigenvalue weighted by molar-refractivity contribution is 6.51. The van der Waals surface area contributed by atoms with Gasteiger partial charge in [0.1, 0.15) is 16.4 Å². The molecule has 10 nitrogen and oxygen atoms in total. The molecule has 1 heterocycles. The second-order valence-corrected chi connectivity index (χ2v) is 14.4. The van der Waals surface area contributed by atoms with Crippen LogP contribution in [-0.4, -0.2) is 74.4 Å². The first-order valence-electron chi connectivity index (χ1n) is 14.3. The van der Waals surface area contributed by atoms with Crippen LogP contribution in [0.15, 0.2) is 0 Å². The number of aliphatic hydroxyl groups excluding tert-OH is 1. The zero-order valence-corrected chi connectivity index (χ0v) is 24.6. The molecule has 6 atom stereocenters. The Labute approximate surface area is 240 Å². The van der Waals surface area contributed by atoms with E-state index in [0.717, 1.165) is 51.4 Å². The van der Waals surface area contributed by atoms with E-state index in [2.05, 4.69) is 16.0 Å². The van der Waals surface area contributed by atoms with Crippen molar-refractivity contribution >= 4 is 47.0 Å². The molecule has 6 N–H and O–H groups in total. The molecule has 12 heteroatoms. The molecular weight excluding hydrogens is 545 g/mol. The summed E-state index contributed by atoms with van der Waals surface area (Å²) in [6.07, 6.45) is 6.44. The average Bonchev–Trinajstić information content (AvgIpc) is 3.15. The first kappa shape index (κ1) is 30.2. The zero-order valence-electron chi connectivity index (χ0n) is 23.1. The quantitative estimate of drug-likeness (QED) is 0.262. The van der Waals surface area contributed by atoms with Gasteiger partial charge in [0.15, 0.2) is 6.10 Å². The Morgan fingerprint density at radius 1 is 1.03 bits per heavy atom. The van der Waals surface area contributed by atoms with Gasteiger partial charge in [0.2, 0.25) is 17.7 Å². The van der Waals surface area contributed by atoms with E-state index in [9.17, 15) is 24.3 Å². The molecule has 4 aliphatic rings. The number of fused-ring (bicyclic) bond motifs is 1. The van der Waals surface area contributed by atoms with Crippen molar-refractivity contribution in [2.45, 2.75) is 113 Å². The smallest absolute Gasteiger partial charge is 0.315 e. The van der Waals surface area contributed by atoms with Crippen molar-refractivity contribution < 1.29 is 24.3 Å². The monoisotopic (exact) mass is 587 g/mol. The maximum Gasteiger partial charge on any atom is 0.315 e. The first-order valence-corrected chi connectivity index (χ1v) is 15.0. The van der Waals surface area contributed by atoms with Crippen molar-refractivity contribution in [2.24, 2.45) is 29.4 Å². The second-order valence-electron chi connectivity index (χ2n) is 13.0. The molecule has 4 fully saturated rings. The predicted octanol–water partition coefficient (Wildman–Crippen LogP) is 2.18. The summed E-state index contributed by atoms with van der Waals surface area (Å²) in [5.74, 6) is -2.34. The van der Waals surface area contributed by atoms with Gasteiger partial charge in [-0.2, -0.15) is 0 Å². The van der Waals surface area contributed by atoms with Crippen molar-refractivity contribution in [1.82, 2.24) is 20.9 Å². The van der Waals surface area contributed by atoms with Crippen LogP contribution in [-0.2, 0) is 14.4 Å². The third kappa shape index (κ3) is 6.76. The number of nitrogens with two attached hydrogens (primary N) is 1. The minimum absolute atomic E-state index is 0.0579. The lowest BCUT2D eigenvalue weighted by Gasteiger charge is -2.38. The Hall–Kier alpha value is -1.78. The number of primary amides is 1. The number of aliphatic hydroxyl groups is 1. The van der Waals surface area contributed by atoms with Gasteiger partial charge in [0, 0.05) is 23.9 Å². The van der Waals surface area contributed by atoms with Crippen LogP contribution in [0.25, 0.3) is 0 Å². The topological polar surface area (TPSA) is 154 Å². The number of likely N-dealkylation sites (tertiary alicyclic amines) is 1. The molecule has 39 heavy (non-hydrogen) atoms. The van der Waals surface area contributed by atoms with Crippen molar-refractivity contribution in [3.63, 3.8) is 0 Å². The Bertz CT molecular complexity index is 963. The number of carbonyl (C=O) groups excluding carboxylic acids is 4. The molecular formula is C27H43Cl2N5O5. The highest BCUT2D eigenvalue weighted by Gasteiger charge is 2.74.